The van der Waals surface area contributed by atoms with Crippen molar-refractivity contribution in [1.82, 2.24) is 19.9 Å². The Labute approximate surface area is 111 Å². The second-order valence-electron chi connectivity index (χ2n) is 4.10. The fourth-order valence-electron chi connectivity index (χ4n) is 1.58. The van der Waals surface area contributed by atoms with Gasteiger partial charge in [-0.25, -0.2) is 9.97 Å². The minimum atomic E-state index is -1.66. The van der Waals surface area contributed by atoms with Crippen LogP contribution in [0.4, 0.5) is 5.95 Å². The van der Waals surface area contributed by atoms with Gasteiger partial charge in [-0.3, -0.25) is 9.78 Å². The highest BCUT2D eigenvalue weighted by atomic mass is 16.4. The van der Waals surface area contributed by atoms with E-state index in [0.717, 1.165) is 6.20 Å². The molecule has 0 aliphatic heterocycles. The van der Waals surface area contributed by atoms with Crippen LogP contribution >= 0.6 is 0 Å². The number of anilines is 1. The lowest BCUT2D eigenvalue weighted by Crippen LogP contribution is -2.35. The second-order valence-corrected chi connectivity index (χ2v) is 4.10. The van der Waals surface area contributed by atoms with Crippen LogP contribution < -0.4 is 11.3 Å². The molecule has 0 fully saturated rings. The molecular weight excluding hydrogens is 270 g/mol. The van der Waals surface area contributed by atoms with Crippen LogP contribution in [0.3, 0.4) is 0 Å². The van der Waals surface area contributed by atoms with E-state index in [1.54, 1.807) is 0 Å². The van der Waals surface area contributed by atoms with E-state index >= 15 is 0 Å². The summed E-state index contributed by atoms with van der Waals surface area (Å²) >= 11 is 0. The van der Waals surface area contributed by atoms with E-state index in [1.165, 1.54) is 0 Å². The second kappa shape index (κ2) is 5.46. The lowest BCUT2D eigenvalue weighted by atomic mass is 10.1. The maximum absolute atomic E-state index is 11.5. The first-order valence-electron chi connectivity index (χ1n) is 5.61. The summed E-state index contributed by atoms with van der Waals surface area (Å²) in [5, 5.41) is 37.4. The number of nitrogen functional groups attached to an aromatic ring is 1. The zero-order chi connectivity index (χ0) is 14.9. The van der Waals surface area contributed by atoms with Crippen LogP contribution in [0, 0.1) is 0 Å². The summed E-state index contributed by atoms with van der Waals surface area (Å²) in [5.41, 5.74) is 4.48. The first kappa shape index (κ1) is 14.3. The lowest BCUT2D eigenvalue weighted by Gasteiger charge is -2.20. The summed E-state index contributed by atoms with van der Waals surface area (Å²) in [7, 11) is 0. The SMILES string of the molecule is Nc1nc2nc([C@@H](O)[C@H](O)[C@H](O)CO)cnc2c(=O)[nH]1. The first-order chi connectivity index (χ1) is 9.43. The number of rotatable bonds is 4. The molecule has 0 bridgehead atoms. The third kappa shape index (κ3) is 2.58. The number of nitrogens with zero attached hydrogens (tertiary/aromatic N) is 3. The molecule has 10 heteroatoms. The van der Waals surface area contributed by atoms with Crippen molar-refractivity contribution >= 4 is 17.1 Å². The molecule has 108 valence electrons. The van der Waals surface area contributed by atoms with Crippen LogP contribution in [0.2, 0.25) is 0 Å². The Morgan fingerprint density at radius 2 is 2.00 bits per heavy atom. The van der Waals surface area contributed by atoms with E-state index in [-0.39, 0.29) is 22.8 Å². The van der Waals surface area contributed by atoms with Gasteiger partial charge in [0.15, 0.2) is 11.2 Å². The summed E-state index contributed by atoms with van der Waals surface area (Å²) in [6.45, 7) is -0.732. The fraction of sp³-hybridized carbons (Fsp3) is 0.400. The minimum Gasteiger partial charge on any atom is -0.394 e. The Bertz CT molecular complexity index is 675. The zero-order valence-corrected chi connectivity index (χ0v) is 10.1. The van der Waals surface area contributed by atoms with E-state index < -0.39 is 30.5 Å². The van der Waals surface area contributed by atoms with Crippen LogP contribution in [0.1, 0.15) is 11.8 Å². The summed E-state index contributed by atoms with van der Waals surface area (Å²) < 4.78 is 0. The molecule has 3 atom stereocenters. The van der Waals surface area contributed by atoms with Gasteiger partial charge in [0, 0.05) is 0 Å². The number of hydrogen-bond donors (Lipinski definition) is 6. The zero-order valence-electron chi connectivity index (χ0n) is 10.1. The van der Waals surface area contributed by atoms with E-state index in [2.05, 4.69) is 19.9 Å². The third-order valence-electron chi connectivity index (χ3n) is 2.66. The highest BCUT2D eigenvalue weighted by molar-refractivity contribution is 5.69. The third-order valence-corrected chi connectivity index (χ3v) is 2.66. The molecule has 0 radical (unpaired) electrons. The fourth-order valence-corrected chi connectivity index (χ4v) is 1.58. The molecule has 2 aromatic heterocycles. The van der Waals surface area contributed by atoms with E-state index in [1.807, 2.05) is 0 Å². The highest BCUT2D eigenvalue weighted by Gasteiger charge is 2.27. The number of H-pyrrole nitrogens is 1. The molecule has 0 aliphatic carbocycles. The highest BCUT2D eigenvalue weighted by Crippen LogP contribution is 2.17. The first-order valence-corrected chi connectivity index (χ1v) is 5.61. The molecule has 0 aromatic carbocycles. The Hall–Kier alpha value is -2.14. The lowest BCUT2D eigenvalue weighted by molar-refractivity contribution is -0.0789. The molecule has 10 nitrogen and oxygen atoms in total. The summed E-state index contributed by atoms with van der Waals surface area (Å²) in [4.78, 5) is 25.1. The quantitative estimate of drug-likeness (QED) is 0.342. The molecule has 2 rings (SSSR count). The summed E-state index contributed by atoms with van der Waals surface area (Å²) in [6.07, 6.45) is -3.74. The predicted molar refractivity (Wildman–Crippen MR) is 66.4 cm³/mol. The number of hydrogen-bond acceptors (Lipinski definition) is 9. The van der Waals surface area contributed by atoms with E-state index in [9.17, 15) is 20.1 Å². The van der Waals surface area contributed by atoms with E-state index in [0.29, 0.717) is 0 Å². The Balaban J connectivity index is 2.44. The number of aromatic nitrogens is 4. The van der Waals surface area contributed by atoms with Gasteiger partial charge in [-0.2, -0.15) is 4.98 Å². The molecule has 0 unspecified atom stereocenters. The standard InChI is InChI=1S/C10H13N5O5/c11-10-14-8-5(9(20)15-10)12-1-3(13-8)6(18)7(19)4(17)2-16/h1,4,6-7,16-19H,2H2,(H3,11,13,14,15,20)/t4-,6-,7-/m1/s1. The van der Waals surface area contributed by atoms with Gasteiger partial charge in [-0.05, 0) is 0 Å². The number of aromatic amines is 1. The van der Waals surface area contributed by atoms with E-state index in [4.69, 9.17) is 10.8 Å². The summed E-state index contributed by atoms with van der Waals surface area (Å²) in [6, 6.07) is 0. The van der Waals surface area contributed by atoms with Gasteiger partial charge in [-0.15, -0.1) is 0 Å². The van der Waals surface area contributed by atoms with Crippen molar-refractivity contribution < 1.29 is 20.4 Å². The molecule has 2 heterocycles. The molecular formula is C10H13N5O5. The molecule has 7 N–H and O–H groups in total. The minimum absolute atomic E-state index is 0.0765. The number of nitrogens with one attached hydrogen (secondary N) is 1. The predicted octanol–water partition coefficient (Wildman–Crippen LogP) is -2.96. The van der Waals surface area contributed by atoms with Crippen molar-refractivity contribution in [3.63, 3.8) is 0 Å². The monoisotopic (exact) mass is 283 g/mol. The Morgan fingerprint density at radius 3 is 2.65 bits per heavy atom. The number of aliphatic hydroxyl groups excluding tert-OH is 4. The van der Waals surface area contributed by atoms with Gasteiger partial charge < -0.3 is 26.2 Å². The summed E-state index contributed by atoms with van der Waals surface area (Å²) in [5.74, 6) is -0.167. The van der Waals surface area contributed by atoms with Crippen LogP contribution in [0.5, 0.6) is 0 Å². The molecule has 0 spiro atoms. The van der Waals surface area contributed by atoms with Gasteiger partial charge in [0.2, 0.25) is 5.95 Å². The van der Waals surface area contributed by atoms with Gasteiger partial charge in [0.05, 0.1) is 18.5 Å². The molecule has 0 saturated carbocycles. The number of nitrogens with two attached hydrogens (primary N) is 1. The average molecular weight is 283 g/mol. The smallest absolute Gasteiger partial charge is 0.280 e. The normalized spacial score (nSPS) is 16.0. The molecule has 0 aliphatic rings. The Morgan fingerprint density at radius 1 is 1.30 bits per heavy atom. The maximum atomic E-state index is 11.5. The Kier molecular flexibility index (Phi) is 3.90. The van der Waals surface area contributed by atoms with Crippen molar-refractivity contribution in [1.29, 1.82) is 0 Å². The van der Waals surface area contributed by atoms with Gasteiger partial charge >= 0.3 is 0 Å². The van der Waals surface area contributed by atoms with Crippen LogP contribution in [0.15, 0.2) is 11.0 Å². The topological polar surface area (TPSA) is 178 Å². The van der Waals surface area contributed by atoms with Crippen LogP contribution in [0.25, 0.3) is 11.2 Å². The van der Waals surface area contributed by atoms with Crippen molar-refractivity contribution in [2.24, 2.45) is 0 Å². The molecule has 2 aromatic rings. The van der Waals surface area contributed by atoms with Gasteiger partial charge in [0.1, 0.15) is 18.3 Å². The molecule has 20 heavy (non-hydrogen) atoms. The van der Waals surface area contributed by atoms with Crippen LogP contribution in [-0.4, -0.2) is 59.2 Å². The van der Waals surface area contributed by atoms with Crippen molar-refractivity contribution in [2.75, 3.05) is 12.3 Å². The number of fused-ring (bicyclic) bond motifs is 1. The average Bonchev–Trinajstić information content (AvgIpc) is 2.43. The molecule has 0 amide bonds. The van der Waals surface area contributed by atoms with Gasteiger partial charge in [0.25, 0.3) is 5.56 Å². The van der Waals surface area contributed by atoms with Crippen LogP contribution in [-0.2, 0) is 0 Å². The molecule has 0 saturated heterocycles. The van der Waals surface area contributed by atoms with Crippen molar-refractivity contribution in [3.05, 3.63) is 22.2 Å². The maximum Gasteiger partial charge on any atom is 0.280 e. The largest absolute Gasteiger partial charge is 0.394 e. The number of aliphatic hydroxyl groups is 4. The van der Waals surface area contributed by atoms with Crippen molar-refractivity contribution in [3.8, 4) is 0 Å². The van der Waals surface area contributed by atoms with Gasteiger partial charge in [-0.1, -0.05) is 0 Å². The van der Waals surface area contributed by atoms with Crippen molar-refractivity contribution in [2.45, 2.75) is 18.3 Å².